The van der Waals surface area contributed by atoms with Crippen LogP contribution in [-0.2, 0) is 0 Å². The second kappa shape index (κ2) is 11.0. The van der Waals surface area contributed by atoms with E-state index in [4.69, 9.17) is 25.8 Å². The first-order valence-electron chi connectivity index (χ1n) is 10.6. The Hall–Kier alpha value is -3.88. The van der Waals surface area contributed by atoms with E-state index in [1.807, 2.05) is 19.1 Å². The number of halogens is 1. The number of carbonyl (C=O) groups is 2. The number of methoxy groups -OCH3 is 1. The summed E-state index contributed by atoms with van der Waals surface area (Å²) >= 11 is 7.64. The van der Waals surface area contributed by atoms with Gasteiger partial charge in [-0.2, -0.15) is 5.10 Å². The molecule has 4 rings (SSSR count). The van der Waals surface area contributed by atoms with Gasteiger partial charge in [0, 0.05) is 15.6 Å². The minimum atomic E-state index is -0.542. The third kappa shape index (κ3) is 5.79. The first kappa shape index (κ1) is 24.3. The van der Waals surface area contributed by atoms with Crippen LogP contribution in [0.15, 0.2) is 71.8 Å². The molecule has 1 heterocycles. The zero-order valence-corrected chi connectivity index (χ0v) is 20.5. The molecule has 0 radical (unpaired) electrons. The standard InChI is InChI=1S/C26H21ClN2O5S/c1-3-33-18-10-6-17(7-11-18)25(30)29-28-15-16-4-8-19(9-5-16)34-26(31)24-23(27)21-13-12-20(32-2)14-22(21)35-24/h4-15H,3H2,1-2H3,(H,29,30)/b28-15-. The summed E-state index contributed by atoms with van der Waals surface area (Å²) in [6.07, 6.45) is 1.49. The Morgan fingerprint density at radius 1 is 1.00 bits per heavy atom. The molecule has 7 nitrogen and oxygen atoms in total. The van der Waals surface area contributed by atoms with E-state index in [1.165, 1.54) is 17.6 Å². The van der Waals surface area contributed by atoms with Crippen LogP contribution in [0.2, 0.25) is 5.02 Å². The van der Waals surface area contributed by atoms with Gasteiger partial charge in [0.2, 0.25) is 0 Å². The molecule has 0 aliphatic rings. The zero-order valence-electron chi connectivity index (χ0n) is 18.9. The van der Waals surface area contributed by atoms with Crippen LogP contribution in [0.5, 0.6) is 17.2 Å². The SMILES string of the molecule is CCOc1ccc(C(=O)N/N=C\c2ccc(OC(=O)c3sc4cc(OC)ccc4c3Cl)cc2)cc1. The van der Waals surface area contributed by atoms with Crippen molar-refractivity contribution in [2.45, 2.75) is 6.92 Å². The van der Waals surface area contributed by atoms with Crippen LogP contribution in [-0.4, -0.2) is 31.8 Å². The molecule has 0 atom stereocenters. The number of nitrogens with one attached hydrogen (secondary N) is 1. The third-order valence-corrected chi connectivity index (χ3v) is 6.56. The molecular formula is C26H21ClN2O5S. The molecule has 178 valence electrons. The molecule has 0 spiro atoms. The minimum absolute atomic E-state index is 0.317. The van der Waals surface area contributed by atoms with Crippen molar-refractivity contribution in [1.29, 1.82) is 0 Å². The fraction of sp³-hybridized carbons (Fsp3) is 0.115. The number of amides is 1. The van der Waals surface area contributed by atoms with Gasteiger partial charge in [-0.25, -0.2) is 10.2 Å². The molecule has 1 amide bonds. The fourth-order valence-electron chi connectivity index (χ4n) is 3.18. The molecule has 9 heteroatoms. The van der Waals surface area contributed by atoms with Crippen molar-refractivity contribution in [2.24, 2.45) is 5.10 Å². The van der Waals surface area contributed by atoms with E-state index in [0.29, 0.717) is 44.9 Å². The van der Waals surface area contributed by atoms with E-state index in [1.54, 1.807) is 61.7 Å². The molecular weight excluding hydrogens is 488 g/mol. The maximum Gasteiger partial charge on any atom is 0.355 e. The van der Waals surface area contributed by atoms with Gasteiger partial charge in [0.15, 0.2) is 0 Å². The number of rotatable bonds is 8. The topological polar surface area (TPSA) is 86.2 Å². The van der Waals surface area contributed by atoms with Crippen molar-refractivity contribution >= 4 is 51.1 Å². The van der Waals surface area contributed by atoms with Gasteiger partial charge in [-0.3, -0.25) is 4.79 Å². The van der Waals surface area contributed by atoms with Gasteiger partial charge >= 0.3 is 5.97 Å². The number of hydrogen-bond acceptors (Lipinski definition) is 7. The Morgan fingerprint density at radius 2 is 1.69 bits per heavy atom. The summed E-state index contributed by atoms with van der Waals surface area (Å²) in [6.45, 7) is 2.45. The number of carbonyl (C=O) groups excluding carboxylic acids is 2. The van der Waals surface area contributed by atoms with Crippen molar-refractivity contribution in [3.8, 4) is 17.2 Å². The largest absolute Gasteiger partial charge is 0.497 e. The van der Waals surface area contributed by atoms with E-state index < -0.39 is 5.97 Å². The van der Waals surface area contributed by atoms with E-state index in [0.717, 1.165) is 10.1 Å². The Kier molecular flexibility index (Phi) is 7.64. The molecule has 0 unspecified atom stereocenters. The van der Waals surface area contributed by atoms with E-state index in [9.17, 15) is 9.59 Å². The second-order valence-corrected chi connectivity index (χ2v) is 8.65. The van der Waals surface area contributed by atoms with Crippen molar-refractivity contribution < 1.29 is 23.8 Å². The lowest BCUT2D eigenvalue weighted by molar-refractivity contribution is 0.0739. The molecule has 35 heavy (non-hydrogen) atoms. The predicted octanol–water partition coefficient (Wildman–Crippen LogP) is 5.95. The number of hydrazone groups is 1. The average molecular weight is 509 g/mol. The van der Waals surface area contributed by atoms with Gasteiger partial charge < -0.3 is 14.2 Å². The van der Waals surface area contributed by atoms with E-state index >= 15 is 0 Å². The Balaban J connectivity index is 1.36. The van der Waals surface area contributed by atoms with Crippen LogP contribution < -0.4 is 19.6 Å². The maximum absolute atomic E-state index is 12.7. The van der Waals surface area contributed by atoms with Crippen LogP contribution in [0, 0.1) is 0 Å². The number of thiophene rings is 1. The minimum Gasteiger partial charge on any atom is -0.497 e. The van der Waals surface area contributed by atoms with Crippen molar-refractivity contribution in [3.05, 3.63) is 87.8 Å². The van der Waals surface area contributed by atoms with Gasteiger partial charge in [-0.05, 0) is 79.2 Å². The molecule has 0 saturated heterocycles. The number of ether oxygens (including phenoxy) is 3. The summed E-state index contributed by atoms with van der Waals surface area (Å²) in [7, 11) is 1.58. The smallest absolute Gasteiger partial charge is 0.355 e. The summed E-state index contributed by atoms with van der Waals surface area (Å²) in [6, 6.07) is 18.9. The first-order chi connectivity index (χ1) is 17.0. The van der Waals surface area contributed by atoms with Crippen LogP contribution in [0.4, 0.5) is 0 Å². The highest BCUT2D eigenvalue weighted by Gasteiger charge is 2.19. The maximum atomic E-state index is 12.7. The monoisotopic (exact) mass is 508 g/mol. The van der Waals surface area contributed by atoms with Gasteiger partial charge in [0.1, 0.15) is 22.1 Å². The summed E-state index contributed by atoms with van der Waals surface area (Å²) in [5.74, 6) is 0.856. The molecule has 0 aliphatic carbocycles. The Labute approximate surface area is 210 Å². The molecule has 1 N–H and O–H groups in total. The summed E-state index contributed by atoms with van der Waals surface area (Å²) < 4.78 is 16.9. The molecule has 0 bridgehead atoms. The predicted molar refractivity (Wildman–Crippen MR) is 137 cm³/mol. The van der Waals surface area contributed by atoms with Crippen molar-refractivity contribution in [1.82, 2.24) is 5.43 Å². The number of benzene rings is 3. The van der Waals surface area contributed by atoms with Crippen molar-refractivity contribution in [2.75, 3.05) is 13.7 Å². The van der Waals surface area contributed by atoms with E-state index in [2.05, 4.69) is 10.5 Å². The lowest BCUT2D eigenvalue weighted by Crippen LogP contribution is -2.17. The first-order valence-corrected chi connectivity index (χ1v) is 11.8. The number of hydrogen-bond donors (Lipinski definition) is 1. The third-order valence-electron chi connectivity index (χ3n) is 4.92. The lowest BCUT2D eigenvalue weighted by Gasteiger charge is -2.04. The summed E-state index contributed by atoms with van der Waals surface area (Å²) in [5.41, 5.74) is 3.65. The van der Waals surface area contributed by atoms with Crippen LogP contribution in [0.1, 0.15) is 32.5 Å². The quantitative estimate of drug-likeness (QED) is 0.138. The normalized spacial score (nSPS) is 10.9. The Bertz CT molecular complexity index is 1380. The van der Waals surface area contributed by atoms with Crippen molar-refractivity contribution in [3.63, 3.8) is 0 Å². The molecule has 0 fully saturated rings. The second-order valence-electron chi connectivity index (χ2n) is 7.22. The highest BCUT2D eigenvalue weighted by atomic mass is 35.5. The summed E-state index contributed by atoms with van der Waals surface area (Å²) in [5, 5.41) is 5.09. The highest BCUT2D eigenvalue weighted by molar-refractivity contribution is 7.21. The zero-order chi connectivity index (χ0) is 24.8. The molecule has 4 aromatic rings. The molecule has 3 aromatic carbocycles. The van der Waals surface area contributed by atoms with Gasteiger partial charge in [-0.1, -0.05) is 11.6 Å². The van der Waals surface area contributed by atoms with Crippen LogP contribution >= 0.6 is 22.9 Å². The average Bonchev–Trinajstić information content (AvgIpc) is 3.21. The van der Waals surface area contributed by atoms with Gasteiger partial charge in [0.05, 0.1) is 25.0 Å². The molecule has 1 aromatic heterocycles. The number of fused-ring (bicyclic) bond motifs is 1. The fourth-order valence-corrected chi connectivity index (χ4v) is 4.59. The van der Waals surface area contributed by atoms with Gasteiger partial charge in [0.25, 0.3) is 5.91 Å². The molecule has 0 saturated carbocycles. The van der Waals surface area contributed by atoms with Gasteiger partial charge in [-0.15, -0.1) is 11.3 Å². The molecule has 0 aliphatic heterocycles. The number of esters is 1. The highest BCUT2D eigenvalue weighted by Crippen LogP contribution is 2.37. The summed E-state index contributed by atoms with van der Waals surface area (Å²) in [4.78, 5) is 25.2. The number of nitrogens with zero attached hydrogens (tertiary/aromatic N) is 1. The van der Waals surface area contributed by atoms with E-state index in [-0.39, 0.29) is 5.91 Å². The Morgan fingerprint density at radius 3 is 2.37 bits per heavy atom. The van der Waals surface area contributed by atoms with Crippen LogP contribution in [0.3, 0.4) is 0 Å². The van der Waals surface area contributed by atoms with Crippen LogP contribution in [0.25, 0.3) is 10.1 Å². The lowest BCUT2D eigenvalue weighted by atomic mass is 10.2.